The van der Waals surface area contributed by atoms with Crippen LogP contribution in [0.5, 0.6) is 0 Å². The Kier molecular flexibility index (Phi) is 5.03. The largest absolute Gasteiger partial charge is 0.381 e. The number of rotatable bonds is 5. The average Bonchev–Trinajstić information content (AvgIpc) is 2.57. The Labute approximate surface area is 127 Å². The Hall–Kier alpha value is -1.64. The summed E-state index contributed by atoms with van der Waals surface area (Å²) in [6, 6.07) is 22.4. The SMILES string of the molecule is c1ccc(CC(NC2CCOCC2)c2ccccc2)cc1. The smallest absolute Gasteiger partial charge is 0.0480 e. The van der Waals surface area contributed by atoms with Gasteiger partial charge in [0, 0.05) is 25.3 Å². The van der Waals surface area contributed by atoms with Crippen molar-refractivity contribution >= 4 is 0 Å². The summed E-state index contributed by atoms with van der Waals surface area (Å²) in [7, 11) is 0. The number of benzene rings is 2. The molecule has 0 aliphatic carbocycles. The van der Waals surface area contributed by atoms with E-state index in [4.69, 9.17) is 4.74 Å². The minimum absolute atomic E-state index is 0.372. The van der Waals surface area contributed by atoms with Gasteiger partial charge >= 0.3 is 0 Å². The first-order valence-corrected chi connectivity index (χ1v) is 7.84. The van der Waals surface area contributed by atoms with Crippen LogP contribution < -0.4 is 5.32 Å². The Morgan fingerprint density at radius 2 is 1.52 bits per heavy atom. The molecule has 0 amide bonds. The van der Waals surface area contributed by atoms with Gasteiger partial charge in [0.25, 0.3) is 0 Å². The van der Waals surface area contributed by atoms with Crippen LogP contribution in [0, 0.1) is 0 Å². The molecule has 3 rings (SSSR count). The van der Waals surface area contributed by atoms with Gasteiger partial charge in [-0.15, -0.1) is 0 Å². The zero-order valence-corrected chi connectivity index (χ0v) is 12.4. The van der Waals surface area contributed by atoms with E-state index in [-0.39, 0.29) is 0 Å². The summed E-state index contributed by atoms with van der Waals surface area (Å²) >= 11 is 0. The highest BCUT2D eigenvalue weighted by atomic mass is 16.5. The second-order valence-corrected chi connectivity index (χ2v) is 5.71. The third-order valence-electron chi connectivity index (χ3n) is 4.14. The Morgan fingerprint density at radius 1 is 0.905 bits per heavy atom. The first-order valence-electron chi connectivity index (χ1n) is 7.84. The third-order valence-corrected chi connectivity index (χ3v) is 4.14. The maximum absolute atomic E-state index is 5.47. The molecule has 1 unspecified atom stereocenters. The average molecular weight is 281 g/mol. The highest BCUT2D eigenvalue weighted by Gasteiger charge is 2.19. The van der Waals surface area contributed by atoms with Crippen molar-refractivity contribution < 1.29 is 4.74 Å². The van der Waals surface area contributed by atoms with Crippen molar-refractivity contribution in [1.82, 2.24) is 5.32 Å². The summed E-state index contributed by atoms with van der Waals surface area (Å²) < 4.78 is 5.47. The Morgan fingerprint density at radius 3 is 2.19 bits per heavy atom. The van der Waals surface area contributed by atoms with Gasteiger partial charge in [0.2, 0.25) is 0 Å². The molecule has 1 atom stereocenters. The zero-order valence-electron chi connectivity index (χ0n) is 12.4. The summed E-state index contributed by atoms with van der Waals surface area (Å²) in [6.07, 6.45) is 3.25. The highest BCUT2D eigenvalue weighted by Crippen LogP contribution is 2.21. The van der Waals surface area contributed by atoms with E-state index >= 15 is 0 Å². The van der Waals surface area contributed by atoms with Crippen molar-refractivity contribution in [3.05, 3.63) is 71.8 Å². The van der Waals surface area contributed by atoms with Crippen molar-refractivity contribution in [1.29, 1.82) is 0 Å². The summed E-state index contributed by atoms with van der Waals surface area (Å²) in [6.45, 7) is 1.76. The minimum atomic E-state index is 0.372. The van der Waals surface area contributed by atoms with E-state index in [2.05, 4.69) is 66.0 Å². The van der Waals surface area contributed by atoms with Gasteiger partial charge in [0.05, 0.1) is 0 Å². The van der Waals surface area contributed by atoms with Crippen LogP contribution in [0.3, 0.4) is 0 Å². The molecule has 1 fully saturated rings. The highest BCUT2D eigenvalue weighted by molar-refractivity contribution is 5.24. The van der Waals surface area contributed by atoms with Crippen LogP contribution in [0.25, 0.3) is 0 Å². The number of ether oxygens (including phenoxy) is 1. The lowest BCUT2D eigenvalue weighted by molar-refractivity contribution is 0.0748. The van der Waals surface area contributed by atoms with E-state index in [1.165, 1.54) is 11.1 Å². The molecule has 1 aliphatic heterocycles. The van der Waals surface area contributed by atoms with E-state index in [1.54, 1.807) is 0 Å². The quantitative estimate of drug-likeness (QED) is 0.901. The standard InChI is InChI=1S/C19H23NO/c1-3-7-16(8-4-1)15-19(17-9-5-2-6-10-17)20-18-11-13-21-14-12-18/h1-10,18-20H,11-15H2. The fourth-order valence-corrected chi connectivity index (χ4v) is 2.96. The molecule has 1 aliphatic rings. The lowest BCUT2D eigenvalue weighted by Gasteiger charge is -2.29. The molecule has 0 aromatic heterocycles. The van der Waals surface area contributed by atoms with E-state index < -0.39 is 0 Å². The molecule has 21 heavy (non-hydrogen) atoms. The molecular weight excluding hydrogens is 258 g/mol. The predicted molar refractivity (Wildman–Crippen MR) is 86.3 cm³/mol. The summed E-state index contributed by atoms with van der Waals surface area (Å²) in [5.41, 5.74) is 2.75. The summed E-state index contributed by atoms with van der Waals surface area (Å²) in [4.78, 5) is 0. The molecule has 0 spiro atoms. The monoisotopic (exact) mass is 281 g/mol. The number of nitrogens with one attached hydrogen (secondary N) is 1. The molecule has 1 saturated heterocycles. The van der Waals surface area contributed by atoms with Crippen LogP contribution in [-0.2, 0) is 11.2 Å². The molecule has 2 heteroatoms. The van der Waals surface area contributed by atoms with Crippen LogP contribution in [0.15, 0.2) is 60.7 Å². The second-order valence-electron chi connectivity index (χ2n) is 5.71. The van der Waals surface area contributed by atoms with Crippen LogP contribution in [-0.4, -0.2) is 19.3 Å². The van der Waals surface area contributed by atoms with Crippen molar-refractivity contribution in [2.45, 2.75) is 31.3 Å². The topological polar surface area (TPSA) is 21.3 Å². The molecule has 2 nitrogen and oxygen atoms in total. The maximum atomic E-state index is 5.47. The summed E-state index contributed by atoms with van der Waals surface area (Å²) in [5, 5.41) is 3.84. The van der Waals surface area contributed by atoms with Crippen LogP contribution in [0.1, 0.15) is 30.0 Å². The van der Waals surface area contributed by atoms with Gasteiger partial charge in [-0.3, -0.25) is 0 Å². The van der Waals surface area contributed by atoms with E-state index in [0.717, 1.165) is 32.5 Å². The number of hydrogen-bond acceptors (Lipinski definition) is 2. The molecular formula is C19H23NO. The van der Waals surface area contributed by atoms with Crippen LogP contribution in [0.4, 0.5) is 0 Å². The molecule has 0 saturated carbocycles. The van der Waals surface area contributed by atoms with E-state index in [9.17, 15) is 0 Å². The van der Waals surface area contributed by atoms with Gasteiger partial charge in [-0.1, -0.05) is 60.7 Å². The first kappa shape index (κ1) is 14.3. The molecule has 1 N–H and O–H groups in total. The van der Waals surface area contributed by atoms with Crippen molar-refractivity contribution in [3.63, 3.8) is 0 Å². The second kappa shape index (κ2) is 7.39. The van der Waals surface area contributed by atoms with Crippen LogP contribution in [0.2, 0.25) is 0 Å². The molecule has 110 valence electrons. The molecule has 1 heterocycles. The van der Waals surface area contributed by atoms with Gasteiger partial charge in [0.15, 0.2) is 0 Å². The van der Waals surface area contributed by atoms with Gasteiger partial charge in [0.1, 0.15) is 0 Å². The van der Waals surface area contributed by atoms with E-state index in [1.807, 2.05) is 0 Å². The molecule has 2 aromatic carbocycles. The van der Waals surface area contributed by atoms with Gasteiger partial charge in [-0.05, 0) is 30.4 Å². The maximum Gasteiger partial charge on any atom is 0.0480 e. The lowest BCUT2D eigenvalue weighted by atomic mass is 9.96. The zero-order chi connectivity index (χ0) is 14.3. The Bertz CT molecular complexity index is 520. The normalized spacial score (nSPS) is 17.5. The predicted octanol–water partition coefficient (Wildman–Crippen LogP) is 3.74. The molecule has 0 radical (unpaired) electrons. The van der Waals surface area contributed by atoms with Gasteiger partial charge < -0.3 is 10.1 Å². The first-order chi connectivity index (χ1) is 10.4. The minimum Gasteiger partial charge on any atom is -0.381 e. The van der Waals surface area contributed by atoms with Gasteiger partial charge in [-0.2, -0.15) is 0 Å². The fraction of sp³-hybridized carbons (Fsp3) is 0.368. The molecule has 0 bridgehead atoms. The van der Waals surface area contributed by atoms with Crippen molar-refractivity contribution in [2.75, 3.05) is 13.2 Å². The Balaban J connectivity index is 1.74. The summed E-state index contributed by atoms with van der Waals surface area (Å²) in [5.74, 6) is 0. The third kappa shape index (κ3) is 4.16. The van der Waals surface area contributed by atoms with Gasteiger partial charge in [-0.25, -0.2) is 0 Å². The van der Waals surface area contributed by atoms with E-state index in [0.29, 0.717) is 12.1 Å². The van der Waals surface area contributed by atoms with Crippen molar-refractivity contribution in [2.24, 2.45) is 0 Å². The van der Waals surface area contributed by atoms with Crippen LogP contribution >= 0.6 is 0 Å². The van der Waals surface area contributed by atoms with Crippen molar-refractivity contribution in [3.8, 4) is 0 Å². The lowest BCUT2D eigenvalue weighted by Crippen LogP contribution is -2.38. The fourth-order valence-electron chi connectivity index (χ4n) is 2.96. The molecule has 2 aromatic rings. The number of hydrogen-bond donors (Lipinski definition) is 1.